The first-order valence-electron chi connectivity index (χ1n) is 9.04. The highest BCUT2D eigenvalue weighted by atomic mass is 79.9. The van der Waals surface area contributed by atoms with Crippen LogP contribution in [0.2, 0.25) is 0 Å². The van der Waals surface area contributed by atoms with Crippen LogP contribution in [0.15, 0.2) is 83.3 Å². The molecule has 0 unspecified atom stereocenters. The molecule has 0 radical (unpaired) electrons. The Labute approximate surface area is 181 Å². The number of pyridine rings is 1. The molecule has 0 aliphatic heterocycles. The molecule has 4 nitrogen and oxygen atoms in total. The maximum atomic E-state index is 14.5. The van der Waals surface area contributed by atoms with Crippen molar-refractivity contribution in [1.82, 2.24) is 4.98 Å². The van der Waals surface area contributed by atoms with Gasteiger partial charge in [-0.2, -0.15) is 5.26 Å². The lowest BCUT2D eigenvalue weighted by Gasteiger charge is -2.12. The van der Waals surface area contributed by atoms with E-state index < -0.39 is 5.82 Å². The Balaban J connectivity index is 1.74. The first kappa shape index (κ1) is 19.6. The van der Waals surface area contributed by atoms with Gasteiger partial charge < -0.3 is 10.5 Å². The molecule has 146 valence electrons. The minimum atomic E-state index is -0.446. The van der Waals surface area contributed by atoms with E-state index in [0.29, 0.717) is 21.5 Å². The van der Waals surface area contributed by atoms with Crippen LogP contribution in [0.5, 0.6) is 11.5 Å². The number of nitrogens with zero attached hydrogens (tertiary/aromatic N) is 2. The summed E-state index contributed by atoms with van der Waals surface area (Å²) in [6.07, 6.45) is 0. The molecule has 0 atom stereocenters. The number of nitrogen functional groups attached to an aromatic ring is 1. The van der Waals surface area contributed by atoms with Crippen molar-refractivity contribution in [2.75, 3.05) is 5.73 Å². The number of para-hydroxylation sites is 1. The highest BCUT2D eigenvalue weighted by molar-refractivity contribution is 9.10. The molecular formula is C24H15BrFN3O. The van der Waals surface area contributed by atoms with Crippen LogP contribution in [0.25, 0.3) is 22.4 Å². The van der Waals surface area contributed by atoms with Gasteiger partial charge in [0.2, 0.25) is 0 Å². The number of ether oxygens (including phenoxy) is 1. The minimum Gasteiger partial charge on any atom is -0.457 e. The van der Waals surface area contributed by atoms with E-state index in [0.717, 1.165) is 11.3 Å². The monoisotopic (exact) mass is 459 g/mol. The van der Waals surface area contributed by atoms with Gasteiger partial charge in [0.05, 0.1) is 5.69 Å². The van der Waals surface area contributed by atoms with Gasteiger partial charge in [-0.1, -0.05) is 34.1 Å². The van der Waals surface area contributed by atoms with Crippen LogP contribution >= 0.6 is 15.9 Å². The number of nitrogens with two attached hydrogens (primary N) is 1. The summed E-state index contributed by atoms with van der Waals surface area (Å²) in [5.41, 5.74) is 8.15. The van der Waals surface area contributed by atoms with E-state index in [2.05, 4.69) is 20.9 Å². The first-order valence-corrected chi connectivity index (χ1v) is 9.84. The number of hydrogen-bond donors (Lipinski definition) is 1. The standard InChI is InChI=1S/C24H15BrFN3O/c25-16-8-11-22(26)20(12-16)19-13-23(29-24(28)21(19)14-27)15-6-9-18(10-7-15)30-17-4-2-1-3-5-17/h1-13H,(H2,28,29). The summed E-state index contributed by atoms with van der Waals surface area (Å²) in [5.74, 6) is 1.01. The maximum absolute atomic E-state index is 14.5. The molecule has 4 aromatic rings. The summed E-state index contributed by atoms with van der Waals surface area (Å²) in [5, 5.41) is 9.54. The molecular weight excluding hydrogens is 445 g/mol. The third kappa shape index (κ3) is 4.02. The largest absolute Gasteiger partial charge is 0.457 e. The van der Waals surface area contributed by atoms with Crippen LogP contribution in [0.4, 0.5) is 10.2 Å². The molecule has 0 spiro atoms. The average Bonchev–Trinajstić information content (AvgIpc) is 2.76. The second-order valence-corrected chi connectivity index (χ2v) is 7.41. The van der Waals surface area contributed by atoms with E-state index in [9.17, 15) is 9.65 Å². The molecule has 0 saturated heterocycles. The van der Waals surface area contributed by atoms with Crippen LogP contribution in [-0.4, -0.2) is 4.98 Å². The summed E-state index contributed by atoms with van der Waals surface area (Å²) >= 11 is 3.35. The Morgan fingerprint density at radius 1 is 0.900 bits per heavy atom. The zero-order chi connectivity index (χ0) is 21.1. The topological polar surface area (TPSA) is 71.9 Å². The Morgan fingerprint density at radius 3 is 2.30 bits per heavy atom. The fourth-order valence-electron chi connectivity index (χ4n) is 3.06. The normalized spacial score (nSPS) is 10.4. The zero-order valence-corrected chi connectivity index (χ0v) is 17.2. The number of nitriles is 1. The third-order valence-corrected chi connectivity index (χ3v) is 5.00. The molecule has 2 N–H and O–H groups in total. The van der Waals surface area contributed by atoms with Crippen molar-refractivity contribution in [2.24, 2.45) is 0 Å². The van der Waals surface area contributed by atoms with Crippen molar-refractivity contribution < 1.29 is 9.13 Å². The summed E-state index contributed by atoms with van der Waals surface area (Å²) in [6, 6.07) is 25.0. The Bertz CT molecular complexity index is 1250. The third-order valence-electron chi connectivity index (χ3n) is 4.51. The predicted octanol–water partition coefficient (Wildman–Crippen LogP) is 6.56. The maximum Gasteiger partial charge on any atom is 0.142 e. The van der Waals surface area contributed by atoms with Gasteiger partial charge in [-0.15, -0.1) is 0 Å². The molecule has 0 saturated carbocycles. The summed E-state index contributed by atoms with van der Waals surface area (Å²) in [7, 11) is 0. The quantitative estimate of drug-likeness (QED) is 0.374. The number of benzene rings is 3. The van der Waals surface area contributed by atoms with E-state index in [4.69, 9.17) is 10.5 Å². The van der Waals surface area contributed by atoms with Crippen LogP contribution in [0.1, 0.15) is 5.56 Å². The van der Waals surface area contributed by atoms with Gasteiger partial charge in [-0.05, 0) is 60.7 Å². The molecule has 0 fully saturated rings. The lowest BCUT2D eigenvalue weighted by Crippen LogP contribution is -2.00. The molecule has 30 heavy (non-hydrogen) atoms. The predicted molar refractivity (Wildman–Crippen MR) is 118 cm³/mol. The van der Waals surface area contributed by atoms with E-state index in [1.54, 1.807) is 18.2 Å². The summed E-state index contributed by atoms with van der Waals surface area (Å²) in [4.78, 5) is 4.35. The van der Waals surface area contributed by atoms with Crippen molar-refractivity contribution in [3.8, 4) is 40.0 Å². The minimum absolute atomic E-state index is 0.0500. The number of aromatic nitrogens is 1. The number of anilines is 1. The molecule has 1 aromatic heterocycles. The van der Waals surface area contributed by atoms with E-state index in [1.807, 2.05) is 60.7 Å². The van der Waals surface area contributed by atoms with Gasteiger partial charge in [-0.3, -0.25) is 0 Å². The molecule has 0 aliphatic carbocycles. The molecule has 4 rings (SSSR count). The van der Waals surface area contributed by atoms with Crippen LogP contribution in [0.3, 0.4) is 0 Å². The molecule has 1 heterocycles. The van der Waals surface area contributed by atoms with Crippen LogP contribution in [-0.2, 0) is 0 Å². The van der Waals surface area contributed by atoms with Crippen molar-refractivity contribution >= 4 is 21.7 Å². The summed E-state index contributed by atoms with van der Waals surface area (Å²) in [6.45, 7) is 0. The van der Waals surface area contributed by atoms with Gasteiger partial charge in [0.1, 0.15) is 34.8 Å². The van der Waals surface area contributed by atoms with Gasteiger partial charge in [0.15, 0.2) is 0 Å². The van der Waals surface area contributed by atoms with Gasteiger partial charge in [-0.25, -0.2) is 9.37 Å². The highest BCUT2D eigenvalue weighted by Gasteiger charge is 2.16. The Kier molecular flexibility index (Phi) is 5.46. The van der Waals surface area contributed by atoms with Crippen molar-refractivity contribution in [3.05, 3.63) is 94.7 Å². The smallest absolute Gasteiger partial charge is 0.142 e. The fraction of sp³-hybridized carbons (Fsp3) is 0. The van der Waals surface area contributed by atoms with Crippen molar-refractivity contribution in [2.45, 2.75) is 0 Å². The van der Waals surface area contributed by atoms with Crippen LogP contribution in [0, 0.1) is 17.1 Å². The lowest BCUT2D eigenvalue weighted by molar-refractivity contribution is 0.483. The Morgan fingerprint density at radius 2 is 1.60 bits per heavy atom. The first-order chi connectivity index (χ1) is 14.5. The van der Waals surface area contributed by atoms with Crippen LogP contribution < -0.4 is 10.5 Å². The second kappa shape index (κ2) is 8.36. The van der Waals surface area contributed by atoms with Gasteiger partial charge in [0, 0.05) is 21.2 Å². The average molecular weight is 460 g/mol. The van der Waals surface area contributed by atoms with Crippen molar-refractivity contribution in [3.63, 3.8) is 0 Å². The van der Waals surface area contributed by atoms with E-state index in [-0.39, 0.29) is 16.9 Å². The second-order valence-electron chi connectivity index (χ2n) is 6.49. The summed E-state index contributed by atoms with van der Waals surface area (Å²) < 4.78 is 21.0. The Hall–Kier alpha value is -3.69. The molecule has 0 bridgehead atoms. The van der Waals surface area contributed by atoms with Gasteiger partial charge in [0.25, 0.3) is 0 Å². The highest BCUT2D eigenvalue weighted by Crippen LogP contribution is 2.34. The molecule has 0 amide bonds. The van der Waals surface area contributed by atoms with E-state index >= 15 is 0 Å². The SMILES string of the molecule is N#Cc1c(-c2cc(Br)ccc2F)cc(-c2ccc(Oc3ccccc3)cc2)nc1N. The van der Waals surface area contributed by atoms with Gasteiger partial charge >= 0.3 is 0 Å². The van der Waals surface area contributed by atoms with Crippen molar-refractivity contribution in [1.29, 1.82) is 5.26 Å². The number of halogens is 2. The molecule has 0 aliphatic rings. The zero-order valence-electron chi connectivity index (χ0n) is 15.6. The number of rotatable bonds is 4. The molecule has 6 heteroatoms. The fourth-order valence-corrected chi connectivity index (χ4v) is 3.43. The van der Waals surface area contributed by atoms with E-state index in [1.165, 1.54) is 6.07 Å². The number of hydrogen-bond acceptors (Lipinski definition) is 4. The molecule has 3 aromatic carbocycles. The lowest BCUT2D eigenvalue weighted by atomic mass is 9.98.